The molecule has 0 bridgehead atoms. The van der Waals surface area contributed by atoms with Crippen molar-refractivity contribution in [1.82, 2.24) is 4.98 Å². The van der Waals surface area contributed by atoms with Crippen LogP contribution in [0.15, 0.2) is 30.5 Å². The lowest BCUT2D eigenvalue weighted by Gasteiger charge is -2.12. The quantitative estimate of drug-likeness (QED) is 0.820. The molecule has 0 aliphatic carbocycles. The number of fused-ring (bicyclic) bond motifs is 1. The number of para-hydroxylation sites is 1. The molecule has 0 fully saturated rings. The summed E-state index contributed by atoms with van der Waals surface area (Å²) in [5.74, 6) is 0.0686. The van der Waals surface area contributed by atoms with Crippen LogP contribution in [0.3, 0.4) is 0 Å². The minimum Gasteiger partial charge on any atom is -0.381 e. The van der Waals surface area contributed by atoms with E-state index in [-0.39, 0.29) is 5.78 Å². The summed E-state index contributed by atoms with van der Waals surface area (Å²) in [5, 5.41) is 4.25. The maximum absolute atomic E-state index is 11.5. The molecule has 0 saturated carbocycles. The van der Waals surface area contributed by atoms with Crippen LogP contribution in [0.4, 0.5) is 5.69 Å². The summed E-state index contributed by atoms with van der Waals surface area (Å²) in [6.07, 6.45) is 1.69. The van der Waals surface area contributed by atoms with Crippen molar-refractivity contribution >= 4 is 22.4 Å². The van der Waals surface area contributed by atoms with Gasteiger partial charge in [-0.1, -0.05) is 12.1 Å². The predicted octanol–water partition coefficient (Wildman–Crippen LogP) is 3.26. The van der Waals surface area contributed by atoms with Gasteiger partial charge in [0.05, 0.1) is 11.2 Å². The van der Waals surface area contributed by atoms with Gasteiger partial charge >= 0.3 is 0 Å². The smallest absolute Gasteiger partial charge is 0.160 e. The third-order valence-electron chi connectivity index (χ3n) is 2.59. The van der Waals surface area contributed by atoms with Crippen molar-refractivity contribution in [3.63, 3.8) is 0 Å². The molecule has 1 aromatic heterocycles. The fraction of sp³-hybridized carbons (Fsp3) is 0.286. The number of nitrogens with zero attached hydrogens (tertiary/aromatic N) is 1. The number of Topliss-reactive ketones (excluding diaryl/α,β-unsaturated/α-hetero) is 1. The molecule has 3 nitrogen and oxygen atoms in total. The Balaban J connectivity index is 2.65. The van der Waals surface area contributed by atoms with Gasteiger partial charge in [-0.2, -0.15) is 0 Å². The van der Waals surface area contributed by atoms with Gasteiger partial charge in [-0.25, -0.2) is 0 Å². The lowest BCUT2D eigenvalue weighted by Crippen LogP contribution is -2.10. The topological polar surface area (TPSA) is 42.0 Å². The molecule has 2 aromatic rings. The van der Waals surface area contributed by atoms with Gasteiger partial charge in [0.25, 0.3) is 0 Å². The highest BCUT2D eigenvalue weighted by molar-refractivity contribution is 6.08. The molecule has 0 aliphatic rings. The number of nitrogens with one attached hydrogen (secondary N) is 1. The van der Waals surface area contributed by atoms with E-state index in [9.17, 15) is 4.79 Å². The maximum Gasteiger partial charge on any atom is 0.160 e. The van der Waals surface area contributed by atoms with Crippen LogP contribution in [0.2, 0.25) is 0 Å². The van der Waals surface area contributed by atoms with E-state index in [1.165, 1.54) is 0 Å². The van der Waals surface area contributed by atoms with Crippen LogP contribution in [0.1, 0.15) is 31.1 Å². The van der Waals surface area contributed by atoms with Crippen molar-refractivity contribution in [2.75, 3.05) is 5.32 Å². The molecule has 88 valence electrons. The number of anilines is 1. The van der Waals surface area contributed by atoms with E-state index in [1.807, 2.05) is 18.2 Å². The predicted molar refractivity (Wildman–Crippen MR) is 70.5 cm³/mol. The Kier molecular flexibility index (Phi) is 3.09. The summed E-state index contributed by atoms with van der Waals surface area (Å²) >= 11 is 0. The maximum atomic E-state index is 11.5. The second-order valence-electron chi connectivity index (χ2n) is 4.42. The molecule has 1 N–H and O–H groups in total. The zero-order valence-corrected chi connectivity index (χ0v) is 10.3. The molecule has 0 spiro atoms. The molecule has 0 saturated heterocycles. The Bertz CT molecular complexity index is 561. The zero-order chi connectivity index (χ0) is 12.4. The number of ketones is 1. The standard InChI is InChI=1S/C14H16N2O/c1-9(2)16-13-6-4-5-12-11(10(3)17)7-8-15-14(12)13/h4-9,16H,1-3H3. The fourth-order valence-corrected chi connectivity index (χ4v) is 1.91. The third kappa shape index (κ3) is 2.28. The number of aromatic nitrogens is 1. The van der Waals surface area contributed by atoms with Crippen molar-refractivity contribution in [2.45, 2.75) is 26.8 Å². The van der Waals surface area contributed by atoms with Gasteiger partial charge in [0.15, 0.2) is 5.78 Å². The summed E-state index contributed by atoms with van der Waals surface area (Å²) in [6, 6.07) is 7.97. The SMILES string of the molecule is CC(=O)c1ccnc2c(NC(C)C)cccc12. The highest BCUT2D eigenvalue weighted by Gasteiger charge is 2.09. The Hall–Kier alpha value is -1.90. The van der Waals surface area contributed by atoms with Crippen molar-refractivity contribution in [3.8, 4) is 0 Å². The minimum atomic E-state index is 0.0686. The Morgan fingerprint density at radius 2 is 2.06 bits per heavy atom. The Morgan fingerprint density at radius 3 is 2.71 bits per heavy atom. The number of benzene rings is 1. The largest absolute Gasteiger partial charge is 0.381 e. The van der Waals surface area contributed by atoms with E-state index >= 15 is 0 Å². The monoisotopic (exact) mass is 228 g/mol. The Labute approximate surface area is 101 Å². The van der Waals surface area contributed by atoms with Crippen LogP contribution in [0.5, 0.6) is 0 Å². The summed E-state index contributed by atoms with van der Waals surface area (Å²) in [5.41, 5.74) is 2.55. The van der Waals surface area contributed by atoms with Crippen molar-refractivity contribution in [1.29, 1.82) is 0 Å². The molecular formula is C14H16N2O. The van der Waals surface area contributed by atoms with Crippen LogP contribution < -0.4 is 5.32 Å². The number of hydrogen-bond donors (Lipinski definition) is 1. The van der Waals surface area contributed by atoms with Crippen LogP contribution in [-0.4, -0.2) is 16.8 Å². The van der Waals surface area contributed by atoms with Crippen LogP contribution >= 0.6 is 0 Å². The first-order chi connectivity index (χ1) is 8.09. The lowest BCUT2D eigenvalue weighted by molar-refractivity contribution is 0.101. The molecule has 1 heterocycles. The first-order valence-corrected chi connectivity index (χ1v) is 5.75. The fourth-order valence-electron chi connectivity index (χ4n) is 1.91. The normalized spacial score (nSPS) is 10.8. The van der Waals surface area contributed by atoms with Crippen molar-refractivity contribution in [3.05, 3.63) is 36.0 Å². The minimum absolute atomic E-state index is 0.0686. The van der Waals surface area contributed by atoms with Crippen LogP contribution in [-0.2, 0) is 0 Å². The van der Waals surface area contributed by atoms with Gasteiger partial charge in [-0.05, 0) is 32.9 Å². The summed E-state index contributed by atoms with van der Waals surface area (Å²) < 4.78 is 0. The third-order valence-corrected chi connectivity index (χ3v) is 2.59. The zero-order valence-electron chi connectivity index (χ0n) is 10.3. The average Bonchev–Trinajstić information content (AvgIpc) is 2.28. The number of carbonyl (C=O) groups excluding carboxylic acids is 1. The van der Waals surface area contributed by atoms with E-state index < -0.39 is 0 Å². The second-order valence-corrected chi connectivity index (χ2v) is 4.42. The number of hydrogen-bond acceptors (Lipinski definition) is 3. The molecular weight excluding hydrogens is 212 g/mol. The van der Waals surface area contributed by atoms with Gasteiger partial charge in [-0.3, -0.25) is 9.78 Å². The van der Waals surface area contributed by atoms with E-state index in [0.29, 0.717) is 6.04 Å². The molecule has 0 radical (unpaired) electrons. The van der Waals surface area contributed by atoms with Crippen LogP contribution in [0.25, 0.3) is 10.9 Å². The van der Waals surface area contributed by atoms with Gasteiger partial charge < -0.3 is 5.32 Å². The first kappa shape index (κ1) is 11.6. The highest BCUT2D eigenvalue weighted by atomic mass is 16.1. The molecule has 17 heavy (non-hydrogen) atoms. The second kappa shape index (κ2) is 4.53. The lowest BCUT2D eigenvalue weighted by atomic mass is 10.1. The van der Waals surface area contributed by atoms with E-state index in [0.717, 1.165) is 22.2 Å². The van der Waals surface area contributed by atoms with E-state index in [2.05, 4.69) is 24.1 Å². The van der Waals surface area contributed by atoms with Crippen molar-refractivity contribution in [2.24, 2.45) is 0 Å². The molecule has 0 aliphatic heterocycles. The van der Waals surface area contributed by atoms with E-state index in [4.69, 9.17) is 0 Å². The summed E-state index contributed by atoms with van der Waals surface area (Å²) in [6.45, 7) is 5.73. The molecule has 0 unspecified atom stereocenters. The highest BCUT2D eigenvalue weighted by Crippen LogP contribution is 2.24. The number of rotatable bonds is 3. The van der Waals surface area contributed by atoms with Crippen LogP contribution in [0, 0.1) is 0 Å². The summed E-state index contributed by atoms with van der Waals surface area (Å²) in [4.78, 5) is 15.9. The van der Waals surface area contributed by atoms with Gasteiger partial charge in [0.1, 0.15) is 0 Å². The van der Waals surface area contributed by atoms with Gasteiger partial charge in [0.2, 0.25) is 0 Å². The molecule has 3 heteroatoms. The molecule has 2 rings (SSSR count). The molecule has 0 atom stereocenters. The number of pyridine rings is 1. The molecule has 1 aromatic carbocycles. The first-order valence-electron chi connectivity index (χ1n) is 5.75. The van der Waals surface area contributed by atoms with E-state index in [1.54, 1.807) is 19.2 Å². The molecule has 0 amide bonds. The average molecular weight is 228 g/mol. The Morgan fingerprint density at radius 1 is 1.29 bits per heavy atom. The van der Waals surface area contributed by atoms with Crippen molar-refractivity contribution < 1.29 is 4.79 Å². The van der Waals surface area contributed by atoms with Gasteiger partial charge in [0, 0.05) is 23.2 Å². The van der Waals surface area contributed by atoms with Gasteiger partial charge in [-0.15, -0.1) is 0 Å². The summed E-state index contributed by atoms with van der Waals surface area (Å²) in [7, 11) is 0. The number of carbonyl (C=O) groups is 1.